The molecule has 114 valence electrons. The molecule has 0 unspecified atom stereocenters. The minimum Gasteiger partial charge on any atom is -0.218 e. The van der Waals surface area contributed by atoms with Crippen molar-refractivity contribution >= 4 is 31.3 Å². The Hall–Kier alpha value is -1.18. The van der Waals surface area contributed by atoms with Crippen LogP contribution in [0, 0.1) is 11.6 Å². The van der Waals surface area contributed by atoms with E-state index in [0.717, 1.165) is 16.8 Å². The first-order valence-electron chi connectivity index (χ1n) is 5.81. The Morgan fingerprint density at radius 3 is 2.33 bits per heavy atom. The van der Waals surface area contributed by atoms with Gasteiger partial charge in [-0.15, -0.1) is 0 Å². The van der Waals surface area contributed by atoms with Crippen LogP contribution in [0.5, 0.6) is 0 Å². The van der Waals surface area contributed by atoms with E-state index in [1.807, 2.05) is 0 Å². The Labute approximate surface area is 129 Å². The summed E-state index contributed by atoms with van der Waals surface area (Å²) < 4.78 is 50.9. The number of halogens is 4. The molecule has 1 heterocycles. The molecule has 0 aliphatic carbocycles. The second-order valence-corrected chi connectivity index (χ2v) is 7.47. The highest BCUT2D eigenvalue weighted by atomic mass is 35.7. The lowest BCUT2D eigenvalue weighted by molar-refractivity contribution is 0.572. The topological polar surface area (TPSA) is 52.0 Å². The Kier molecular flexibility index (Phi) is 4.28. The summed E-state index contributed by atoms with van der Waals surface area (Å²) in [6.07, 6.45) is 0. The standard InChI is InChI=1S/C12H10Cl2F2N2O2S/c1-6(2)10-11(21(14,19)20)12(13)18(17-10)9-4-3-7(15)5-8(9)16/h3-6H,1-2H3. The monoisotopic (exact) mass is 354 g/mol. The number of benzene rings is 1. The molecule has 0 aliphatic rings. The zero-order valence-electron chi connectivity index (χ0n) is 10.9. The smallest absolute Gasteiger partial charge is 0.218 e. The molecule has 0 atom stereocenters. The van der Waals surface area contributed by atoms with Crippen LogP contribution in [0.3, 0.4) is 0 Å². The van der Waals surface area contributed by atoms with Gasteiger partial charge in [0.05, 0.1) is 5.69 Å². The summed E-state index contributed by atoms with van der Waals surface area (Å²) in [5.74, 6) is -2.00. The van der Waals surface area contributed by atoms with E-state index in [9.17, 15) is 17.2 Å². The Balaban J connectivity index is 2.78. The molecule has 0 saturated carbocycles. The van der Waals surface area contributed by atoms with Crippen LogP contribution in [-0.2, 0) is 9.05 Å². The van der Waals surface area contributed by atoms with E-state index in [-0.39, 0.29) is 27.3 Å². The third-order valence-electron chi connectivity index (χ3n) is 2.74. The fraction of sp³-hybridized carbons (Fsp3) is 0.250. The highest BCUT2D eigenvalue weighted by Gasteiger charge is 2.29. The van der Waals surface area contributed by atoms with Crippen LogP contribution in [0.1, 0.15) is 25.5 Å². The largest absolute Gasteiger partial charge is 0.266 e. The minimum absolute atomic E-state index is 0.110. The van der Waals surface area contributed by atoms with Gasteiger partial charge in [0.15, 0.2) is 11.0 Å². The van der Waals surface area contributed by atoms with Gasteiger partial charge in [-0.3, -0.25) is 0 Å². The SMILES string of the molecule is CC(C)c1nn(-c2ccc(F)cc2F)c(Cl)c1S(=O)(=O)Cl. The lowest BCUT2D eigenvalue weighted by Crippen LogP contribution is -2.01. The van der Waals surface area contributed by atoms with Crippen LogP contribution < -0.4 is 0 Å². The maximum atomic E-state index is 13.8. The quantitative estimate of drug-likeness (QED) is 0.786. The maximum Gasteiger partial charge on any atom is 0.266 e. The Bertz CT molecular complexity index is 804. The highest BCUT2D eigenvalue weighted by Crippen LogP contribution is 2.34. The third-order valence-corrected chi connectivity index (χ3v) is 4.56. The average Bonchev–Trinajstić information content (AvgIpc) is 2.67. The van der Waals surface area contributed by atoms with Gasteiger partial charge < -0.3 is 0 Å². The molecule has 9 heteroatoms. The summed E-state index contributed by atoms with van der Waals surface area (Å²) in [4.78, 5) is -0.371. The predicted octanol–water partition coefficient (Wildman–Crippen LogP) is 3.85. The molecule has 0 radical (unpaired) electrons. The van der Waals surface area contributed by atoms with Gasteiger partial charge in [-0.2, -0.15) is 5.10 Å². The second kappa shape index (κ2) is 5.55. The van der Waals surface area contributed by atoms with Crippen LogP contribution in [-0.4, -0.2) is 18.2 Å². The second-order valence-electron chi connectivity index (χ2n) is 4.61. The van der Waals surface area contributed by atoms with Crippen molar-refractivity contribution in [3.05, 3.63) is 40.7 Å². The molecular weight excluding hydrogens is 345 g/mol. The fourth-order valence-corrected chi connectivity index (χ4v) is 3.73. The minimum atomic E-state index is -4.16. The lowest BCUT2D eigenvalue weighted by Gasteiger charge is -2.04. The van der Waals surface area contributed by atoms with Gasteiger partial charge in [-0.05, 0) is 18.1 Å². The fourth-order valence-electron chi connectivity index (χ4n) is 1.81. The van der Waals surface area contributed by atoms with Crippen LogP contribution >= 0.6 is 22.3 Å². The van der Waals surface area contributed by atoms with Crippen molar-refractivity contribution in [3.8, 4) is 5.69 Å². The van der Waals surface area contributed by atoms with E-state index in [4.69, 9.17) is 22.3 Å². The van der Waals surface area contributed by atoms with Crippen molar-refractivity contribution < 1.29 is 17.2 Å². The Morgan fingerprint density at radius 1 is 1.29 bits per heavy atom. The van der Waals surface area contributed by atoms with Gasteiger partial charge in [-0.1, -0.05) is 25.4 Å². The van der Waals surface area contributed by atoms with Crippen molar-refractivity contribution in [3.63, 3.8) is 0 Å². The summed E-state index contributed by atoms with van der Waals surface area (Å²) >= 11 is 5.98. The van der Waals surface area contributed by atoms with E-state index < -0.39 is 20.7 Å². The number of hydrogen-bond acceptors (Lipinski definition) is 3. The molecule has 0 aliphatic heterocycles. The summed E-state index contributed by atoms with van der Waals surface area (Å²) in [6.45, 7) is 3.38. The number of hydrogen-bond donors (Lipinski definition) is 0. The summed E-state index contributed by atoms with van der Waals surface area (Å²) in [7, 11) is 1.20. The number of nitrogens with zero attached hydrogens (tertiary/aromatic N) is 2. The van der Waals surface area contributed by atoms with Crippen molar-refractivity contribution in [1.29, 1.82) is 0 Å². The molecule has 21 heavy (non-hydrogen) atoms. The molecule has 0 N–H and O–H groups in total. The first-order chi connectivity index (χ1) is 9.62. The van der Waals surface area contributed by atoms with E-state index >= 15 is 0 Å². The molecular formula is C12H10Cl2F2N2O2S. The number of aromatic nitrogens is 2. The van der Waals surface area contributed by atoms with Crippen LogP contribution in [0.25, 0.3) is 5.69 Å². The van der Waals surface area contributed by atoms with Gasteiger partial charge in [0.25, 0.3) is 9.05 Å². The third kappa shape index (κ3) is 3.04. The van der Waals surface area contributed by atoms with Crippen LogP contribution in [0.15, 0.2) is 23.1 Å². The van der Waals surface area contributed by atoms with E-state index in [1.165, 1.54) is 0 Å². The summed E-state index contributed by atoms with van der Waals surface area (Å²) in [5.41, 5.74) is -0.0615. The molecule has 0 bridgehead atoms. The average molecular weight is 355 g/mol. The summed E-state index contributed by atoms with van der Waals surface area (Å²) in [6, 6.07) is 2.77. The molecule has 0 fully saturated rings. The van der Waals surface area contributed by atoms with Gasteiger partial charge in [0, 0.05) is 16.7 Å². The lowest BCUT2D eigenvalue weighted by atomic mass is 10.1. The first-order valence-corrected chi connectivity index (χ1v) is 8.50. The zero-order valence-corrected chi connectivity index (χ0v) is 13.3. The number of rotatable bonds is 3. The van der Waals surface area contributed by atoms with Gasteiger partial charge in [0.1, 0.15) is 16.4 Å². The van der Waals surface area contributed by atoms with Crippen LogP contribution in [0.4, 0.5) is 8.78 Å². The molecule has 4 nitrogen and oxygen atoms in total. The molecule has 2 aromatic rings. The molecule has 0 spiro atoms. The molecule has 2 rings (SSSR count). The van der Waals surface area contributed by atoms with Gasteiger partial charge in [-0.25, -0.2) is 21.9 Å². The molecule has 0 saturated heterocycles. The van der Waals surface area contributed by atoms with Gasteiger partial charge in [0.2, 0.25) is 0 Å². The van der Waals surface area contributed by atoms with Gasteiger partial charge >= 0.3 is 0 Å². The van der Waals surface area contributed by atoms with Crippen molar-refractivity contribution in [2.24, 2.45) is 0 Å². The molecule has 1 aromatic heterocycles. The van der Waals surface area contributed by atoms with Crippen molar-refractivity contribution in [2.45, 2.75) is 24.7 Å². The van der Waals surface area contributed by atoms with Crippen molar-refractivity contribution in [2.75, 3.05) is 0 Å². The summed E-state index contributed by atoms with van der Waals surface area (Å²) in [5, 5.41) is 3.65. The maximum absolute atomic E-state index is 13.8. The molecule has 0 amide bonds. The Morgan fingerprint density at radius 2 is 1.90 bits per heavy atom. The van der Waals surface area contributed by atoms with E-state index in [1.54, 1.807) is 13.8 Å². The first kappa shape index (κ1) is 16.2. The predicted molar refractivity (Wildman–Crippen MR) is 75.6 cm³/mol. The normalized spacial score (nSPS) is 12.1. The van der Waals surface area contributed by atoms with Crippen LogP contribution in [0.2, 0.25) is 5.15 Å². The van der Waals surface area contributed by atoms with E-state index in [2.05, 4.69) is 5.10 Å². The molecule has 1 aromatic carbocycles. The zero-order chi connectivity index (χ0) is 15.9. The van der Waals surface area contributed by atoms with Crippen molar-refractivity contribution in [1.82, 2.24) is 9.78 Å². The highest BCUT2D eigenvalue weighted by molar-refractivity contribution is 8.13. The van der Waals surface area contributed by atoms with E-state index in [0.29, 0.717) is 6.07 Å².